The average Bonchev–Trinajstić information content (AvgIpc) is 3.26. The maximum absolute atomic E-state index is 12.7. The smallest absolute Gasteiger partial charge is 0.475 e. The number of hydrogen-bond donors (Lipinski definition) is 1. The summed E-state index contributed by atoms with van der Waals surface area (Å²) in [5.74, 6) is -2.50. The molecule has 0 saturated carbocycles. The summed E-state index contributed by atoms with van der Waals surface area (Å²) < 4.78 is 69.8. The van der Waals surface area contributed by atoms with E-state index in [1.807, 2.05) is 0 Å². The molecule has 10 nitrogen and oxygen atoms in total. The summed E-state index contributed by atoms with van der Waals surface area (Å²) in [6.45, 7) is 1.12. The first-order chi connectivity index (χ1) is 15.4. The number of hydrogen-bond acceptors (Lipinski definition) is 7. The molecule has 1 N–H and O–H groups in total. The van der Waals surface area contributed by atoms with Gasteiger partial charge in [0.25, 0.3) is 5.91 Å². The van der Waals surface area contributed by atoms with E-state index in [9.17, 15) is 26.4 Å². The Labute approximate surface area is 186 Å². The number of carboxylic acids is 1. The first-order valence-corrected chi connectivity index (χ1v) is 11.0. The molecule has 2 aromatic rings. The highest BCUT2D eigenvalue weighted by Crippen LogP contribution is 2.37. The van der Waals surface area contributed by atoms with Gasteiger partial charge in [-0.15, -0.1) is 0 Å². The number of likely N-dealkylation sites (N-methyl/N-ethyl adjacent to an activating group) is 1. The molecule has 0 aromatic carbocycles. The highest BCUT2D eigenvalue weighted by molar-refractivity contribution is 7.89. The Kier molecular flexibility index (Phi) is 6.70. The van der Waals surface area contributed by atoms with Crippen LogP contribution < -0.4 is 4.74 Å². The number of aromatic nitrogens is 1. The van der Waals surface area contributed by atoms with E-state index in [2.05, 4.69) is 4.98 Å². The van der Waals surface area contributed by atoms with Crippen LogP contribution in [0.1, 0.15) is 23.4 Å². The molecule has 0 unspecified atom stereocenters. The number of carbonyl (C=O) groups is 2. The van der Waals surface area contributed by atoms with E-state index in [-0.39, 0.29) is 23.2 Å². The Morgan fingerprint density at radius 3 is 2.36 bits per heavy atom. The van der Waals surface area contributed by atoms with Crippen LogP contribution in [-0.2, 0) is 14.8 Å². The van der Waals surface area contributed by atoms with Gasteiger partial charge in [0.1, 0.15) is 10.5 Å². The van der Waals surface area contributed by atoms with Gasteiger partial charge in [-0.2, -0.15) is 17.5 Å². The van der Waals surface area contributed by atoms with Gasteiger partial charge in [0, 0.05) is 39.2 Å². The molecule has 0 radical (unpaired) electrons. The number of fused-ring (bicyclic) bond motifs is 1. The van der Waals surface area contributed by atoms with Crippen molar-refractivity contribution < 1.29 is 45.4 Å². The van der Waals surface area contributed by atoms with E-state index >= 15 is 0 Å². The van der Waals surface area contributed by atoms with Gasteiger partial charge in [0.05, 0.1) is 12.8 Å². The summed E-state index contributed by atoms with van der Waals surface area (Å²) in [6, 6.07) is 6.39. The first kappa shape index (κ1) is 24.5. The van der Waals surface area contributed by atoms with Gasteiger partial charge in [-0.05, 0) is 24.3 Å². The fourth-order valence-electron chi connectivity index (χ4n) is 3.48. The van der Waals surface area contributed by atoms with Crippen LogP contribution in [-0.4, -0.2) is 78.0 Å². The molecular weight excluding hydrogens is 471 g/mol. The molecule has 2 aliphatic rings. The Morgan fingerprint density at radius 2 is 1.82 bits per heavy atom. The number of halogens is 3. The lowest BCUT2D eigenvalue weighted by Gasteiger charge is -2.41. The zero-order valence-electron chi connectivity index (χ0n) is 17.3. The second kappa shape index (κ2) is 9.02. The highest BCUT2D eigenvalue weighted by atomic mass is 32.2. The maximum atomic E-state index is 12.7. The first-order valence-electron chi connectivity index (χ1n) is 9.59. The van der Waals surface area contributed by atoms with Crippen LogP contribution in [0.15, 0.2) is 46.0 Å². The molecule has 180 valence electrons. The van der Waals surface area contributed by atoms with Crippen molar-refractivity contribution >= 4 is 21.9 Å². The van der Waals surface area contributed by atoms with Crippen LogP contribution in [0.5, 0.6) is 5.88 Å². The number of ether oxygens (including phenoxy) is 1. The quantitative estimate of drug-likeness (QED) is 0.641. The third-order valence-corrected chi connectivity index (χ3v) is 7.00. The molecule has 14 heteroatoms. The largest absolute Gasteiger partial charge is 0.490 e. The fourth-order valence-corrected chi connectivity index (χ4v) is 4.79. The molecule has 2 aromatic heterocycles. The zero-order chi connectivity index (χ0) is 24.4. The van der Waals surface area contributed by atoms with Crippen LogP contribution >= 0.6 is 0 Å². The molecule has 4 rings (SSSR count). The summed E-state index contributed by atoms with van der Waals surface area (Å²) in [5, 5.41) is 7.12. The zero-order valence-corrected chi connectivity index (χ0v) is 18.1. The van der Waals surface area contributed by atoms with Crippen molar-refractivity contribution in [2.75, 3.05) is 26.7 Å². The number of amides is 1. The Hall–Kier alpha value is -3.13. The number of pyridine rings is 1. The lowest BCUT2D eigenvalue weighted by molar-refractivity contribution is -0.192. The van der Waals surface area contributed by atoms with Crippen LogP contribution in [0.3, 0.4) is 0 Å². The molecule has 2 aliphatic heterocycles. The van der Waals surface area contributed by atoms with E-state index in [4.69, 9.17) is 19.1 Å². The van der Waals surface area contributed by atoms with E-state index in [1.54, 1.807) is 30.1 Å². The highest BCUT2D eigenvalue weighted by Gasteiger charge is 2.45. The van der Waals surface area contributed by atoms with Crippen molar-refractivity contribution in [1.29, 1.82) is 0 Å². The van der Waals surface area contributed by atoms with Crippen LogP contribution in [0.25, 0.3) is 0 Å². The number of rotatable bonds is 1. The maximum Gasteiger partial charge on any atom is 0.490 e. The fraction of sp³-hybridized carbons (Fsp3) is 0.421. The second-order valence-corrected chi connectivity index (χ2v) is 9.44. The van der Waals surface area contributed by atoms with Gasteiger partial charge in [-0.1, -0.05) is 0 Å². The number of aliphatic carboxylic acids is 1. The third-order valence-electron chi connectivity index (χ3n) is 5.18. The molecule has 1 fully saturated rings. The number of piperidine rings is 1. The summed E-state index contributed by atoms with van der Waals surface area (Å²) in [5.41, 5.74) is -0.707. The number of carbonyl (C=O) groups excluding carboxylic acids is 1. The molecule has 0 atom stereocenters. The van der Waals surface area contributed by atoms with Crippen molar-refractivity contribution in [3.63, 3.8) is 0 Å². The molecule has 1 amide bonds. The minimum absolute atomic E-state index is 0.0773. The van der Waals surface area contributed by atoms with E-state index in [0.29, 0.717) is 31.7 Å². The SMILES string of the molecule is CN1CC2(CCN(C(=O)c3ccco3)CC2)Oc2ncccc2S1(=O)=O.O=C(O)C(F)(F)F. The molecule has 1 saturated heterocycles. The molecule has 1 spiro atoms. The van der Waals surface area contributed by atoms with Crippen LogP contribution in [0.4, 0.5) is 13.2 Å². The number of carboxylic acid groups (broad SMARTS) is 1. The number of alkyl halides is 3. The lowest BCUT2D eigenvalue weighted by Crippen LogP contribution is -2.54. The number of nitrogens with zero attached hydrogens (tertiary/aromatic N) is 3. The standard InChI is InChI=1S/C17H19N3O5S.C2HF3O2/c1-19-12-17(25-15-14(26(19,22)23)5-2-8-18-15)6-9-20(10-7-17)16(21)13-4-3-11-24-13;3-2(4,5)1(6)7/h2-5,8,11H,6-7,9-10,12H2,1H3;(H,6,7). The Morgan fingerprint density at radius 1 is 1.18 bits per heavy atom. The summed E-state index contributed by atoms with van der Waals surface area (Å²) in [6.07, 6.45) is -1.08. The summed E-state index contributed by atoms with van der Waals surface area (Å²) in [7, 11) is -2.10. The van der Waals surface area contributed by atoms with Gasteiger partial charge in [0.2, 0.25) is 15.9 Å². The van der Waals surface area contributed by atoms with Gasteiger partial charge in [0.15, 0.2) is 5.76 Å². The molecule has 0 bridgehead atoms. The van der Waals surface area contributed by atoms with Gasteiger partial charge < -0.3 is 19.2 Å². The van der Waals surface area contributed by atoms with Crippen molar-refractivity contribution in [3.05, 3.63) is 42.5 Å². The van der Waals surface area contributed by atoms with Crippen molar-refractivity contribution in [2.24, 2.45) is 0 Å². The van der Waals surface area contributed by atoms with Crippen molar-refractivity contribution in [3.8, 4) is 5.88 Å². The minimum atomic E-state index is -5.08. The van der Waals surface area contributed by atoms with Gasteiger partial charge in [-0.25, -0.2) is 18.2 Å². The van der Waals surface area contributed by atoms with Gasteiger partial charge >= 0.3 is 12.1 Å². The number of furan rings is 1. The van der Waals surface area contributed by atoms with E-state index in [1.165, 1.54) is 22.8 Å². The molecule has 33 heavy (non-hydrogen) atoms. The third kappa shape index (κ3) is 5.27. The monoisotopic (exact) mass is 491 g/mol. The summed E-state index contributed by atoms with van der Waals surface area (Å²) in [4.78, 5) is 27.2. The summed E-state index contributed by atoms with van der Waals surface area (Å²) >= 11 is 0. The normalized spacial score (nSPS) is 19.5. The van der Waals surface area contributed by atoms with Crippen LogP contribution in [0, 0.1) is 0 Å². The predicted octanol–water partition coefficient (Wildman–Crippen LogP) is 2.00. The molecule has 0 aliphatic carbocycles. The number of sulfonamides is 1. The van der Waals surface area contributed by atoms with Crippen molar-refractivity contribution in [1.82, 2.24) is 14.2 Å². The Balaban J connectivity index is 0.000000383. The van der Waals surface area contributed by atoms with E-state index < -0.39 is 27.8 Å². The molecular formula is C19H20F3N3O7S. The Bertz CT molecular complexity index is 1110. The van der Waals surface area contributed by atoms with Gasteiger partial charge in [-0.3, -0.25) is 4.79 Å². The van der Waals surface area contributed by atoms with E-state index in [0.717, 1.165) is 0 Å². The second-order valence-electron chi connectivity index (χ2n) is 7.43. The van der Waals surface area contributed by atoms with Crippen LogP contribution in [0.2, 0.25) is 0 Å². The average molecular weight is 491 g/mol. The minimum Gasteiger partial charge on any atom is -0.475 e. The molecule has 4 heterocycles. The lowest BCUT2D eigenvalue weighted by atomic mass is 9.90. The topological polar surface area (TPSA) is 130 Å². The predicted molar refractivity (Wildman–Crippen MR) is 105 cm³/mol. The number of likely N-dealkylation sites (tertiary alicyclic amines) is 1. The van der Waals surface area contributed by atoms with Crippen molar-refractivity contribution in [2.45, 2.75) is 29.5 Å².